The molecule has 0 aromatic heterocycles. The Morgan fingerprint density at radius 3 is 1.06 bits per heavy atom. The Bertz CT molecular complexity index is 513. The van der Waals surface area contributed by atoms with Crippen LogP contribution in [0.5, 0.6) is 0 Å². The fourth-order valence-electron chi connectivity index (χ4n) is 5.61. The van der Waals surface area contributed by atoms with Crippen LogP contribution in [0, 0.1) is 6.92 Å². The third-order valence-corrected chi connectivity index (χ3v) is 7.90. The van der Waals surface area contributed by atoms with Crippen LogP contribution in [0.4, 0.5) is 0 Å². The second kappa shape index (κ2) is 24.9. The van der Waals surface area contributed by atoms with E-state index in [0.29, 0.717) is 0 Å². The Kier molecular flexibility index (Phi) is 22.9. The van der Waals surface area contributed by atoms with Crippen molar-refractivity contribution in [1.29, 1.82) is 0 Å². The zero-order valence-corrected chi connectivity index (χ0v) is 24.3. The van der Waals surface area contributed by atoms with Crippen LogP contribution in [0.25, 0.3) is 0 Å². The van der Waals surface area contributed by atoms with E-state index in [1.54, 1.807) is 16.7 Å². The van der Waals surface area contributed by atoms with E-state index < -0.39 is 0 Å². The molecule has 1 rings (SSSR count). The fourth-order valence-corrected chi connectivity index (χ4v) is 5.61. The molecule has 0 saturated heterocycles. The molecule has 0 nitrogen and oxygen atoms in total. The molecule has 0 heterocycles. The smallest absolute Gasteiger partial charge is 0.0273 e. The molecule has 1 aromatic rings. The quantitative estimate of drug-likeness (QED) is 0.115. The first-order valence-electron chi connectivity index (χ1n) is 16.2. The maximum atomic E-state index is 4.19. The summed E-state index contributed by atoms with van der Waals surface area (Å²) in [6, 6.07) is 7.14. The second-order valence-corrected chi connectivity index (χ2v) is 11.2. The molecule has 1 radical (unpaired) electrons. The normalized spacial score (nSPS) is 11.4. The molecular weight excluding hydrogens is 420 g/mol. The van der Waals surface area contributed by atoms with Gasteiger partial charge in [-0.3, -0.25) is 0 Å². The second-order valence-electron chi connectivity index (χ2n) is 11.2. The van der Waals surface area contributed by atoms with E-state index in [1.807, 2.05) is 0 Å². The summed E-state index contributed by atoms with van der Waals surface area (Å²) in [5, 5.41) is 0. The zero-order valence-electron chi connectivity index (χ0n) is 24.3. The maximum Gasteiger partial charge on any atom is -0.0273 e. The van der Waals surface area contributed by atoms with Gasteiger partial charge < -0.3 is 0 Å². The minimum Gasteiger partial charge on any atom is -0.0654 e. The lowest BCUT2D eigenvalue weighted by Crippen LogP contribution is -2.01. The summed E-state index contributed by atoms with van der Waals surface area (Å²) < 4.78 is 0. The van der Waals surface area contributed by atoms with E-state index in [1.165, 1.54) is 161 Å². The van der Waals surface area contributed by atoms with E-state index in [2.05, 4.69) is 39.0 Å². The lowest BCUT2D eigenvalue weighted by molar-refractivity contribution is 0.548. The molecule has 0 atom stereocenters. The van der Waals surface area contributed by atoms with Crippen LogP contribution in [-0.4, -0.2) is 0 Å². The van der Waals surface area contributed by atoms with Crippen LogP contribution >= 0.6 is 0 Å². The van der Waals surface area contributed by atoms with E-state index in [4.69, 9.17) is 0 Å². The van der Waals surface area contributed by atoms with Crippen molar-refractivity contribution in [3.8, 4) is 0 Å². The van der Waals surface area contributed by atoms with Crippen molar-refractivity contribution in [3.63, 3.8) is 0 Å². The summed E-state index contributed by atoms with van der Waals surface area (Å²) in [4.78, 5) is 0. The molecular formula is C35H63. The van der Waals surface area contributed by atoms with Gasteiger partial charge in [-0.1, -0.05) is 167 Å². The van der Waals surface area contributed by atoms with Crippen LogP contribution < -0.4 is 0 Å². The van der Waals surface area contributed by atoms with Gasteiger partial charge in [-0.2, -0.15) is 0 Å². The van der Waals surface area contributed by atoms with Gasteiger partial charge in [0.25, 0.3) is 0 Å². The first kappa shape index (κ1) is 32.2. The van der Waals surface area contributed by atoms with Crippen molar-refractivity contribution in [2.75, 3.05) is 0 Å². The van der Waals surface area contributed by atoms with Crippen molar-refractivity contribution in [2.24, 2.45) is 0 Å². The lowest BCUT2D eigenvalue weighted by atomic mass is 9.91. The summed E-state index contributed by atoms with van der Waals surface area (Å²) in [5.74, 6) is 0. The molecule has 0 aliphatic carbocycles. The number of aryl methyl sites for hydroxylation is 2. The van der Waals surface area contributed by atoms with E-state index in [9.17, 15) is 0 Å². The Morgan fingerprint density at radius 1 is 0.429 bits per heavy atom. The number of hydrogen-bond donors (Lipinski definition) is 0. The van der Waals surface area contributed by atoms with Gasteiger partial charge in [-0.25, -0.2) is 0 Å². The Morgan fingerprint density at radius 2 is 0.743 bits per heavy atom. The van der Waals surface area contributed by atoms with E-state index in [-0.39, 0.29) is 0 Å². The van der Waals surface area contributed by atoms with Crippen molar-refractivity contribution in [3.05, 3.63) is 41.8 Å². The molecule has 0 unspecified atom stereocenters. The number of rotatable bonds is 26. The highest BCUT2D eigenvalue weighted by molar-refractivity contribution is 5.36. The summed E-state index contributed by atoms with van der Waals surface area (Å²) in [6.45, 7) is 8.79. The highest BCUT2D eigenvalue weighted by Gasteiger charge is 2.08. The molecule has 0 aliphatic rings. The van der Waals surface area contributed by atoms with Crippen LogP contribution in [0.15, 0.2) is 18.2 Å². The van der Waals surface area contributed by atoms with Crippen LogP contribution in [-0.2, 0) is 19.3 Å². The summed E-state index contributed by atoms with van der Waals surface area (Å²) in [6.07, 6.45) is 36.1. The van der Waals surface area contributed by atoms with Crippen LogP contribution in [0.2, 0.25) is 0 Å². The highest BCUT2D eigenvalue weighted by atomic mass is 14.1. The molecule has 0 fully saturated rings. The van der Waals surface area contributed by atoms with Gasteiger partial charge in [-0.15, -0.1) is 0 Å². The number of benzene rings is 1. The molecule has 0 amide bonds. The van der Waals surface area contributed by atoms with Crippen molar-refractivity contribution in [2.45, 2.75) is 181 Å². The average molecular weight is 484 g/mol. The van der Waals surface area contributed by atoms with E-state index >= 15 is 0 Å². The van der Waals surface area contributed by atoms with Crippen LogP contribution in [0.1, 0.15) is 178 Å². The molecule has 35 heavy (non-hydrogen) atoms. The molecule has 0 aliphatic heterocycles. The predicted octanol–water partition coefficient (Wildman–Crippen LogP) is 12.2. The highest BCUT2D eigenvalue weighted by Crippen LogP contribution is 2.22. The lowest BCUT2D eigenvalue weighted by Gasteiger charge is -2.15. The minimum atomic E-state index is 1.03. The summed E-state index contributed by atoms with van der Waals surface area (Å²) >= 11 is 0. The standard InChI is InChI=1S/C35H63/c1-4-7-9-11-13-15-17-19-21-23-25-29-33-31-27-32-34(35(33)28-6-3)30-26-24-22-20-18-16-14-12-10-8-5-2/h27,31-32H,3-26,28-30H2,1-2H3. The Labute approximate surface area is 222 Å². The average Bonchev–Trinajstić information content (AvgIpc) is 2.87. The summed E-state index contributed by atoms with van der Waals surface area (Å²) in [5.41, 5.74) is 4.91. The van der Waals surface area contributed by atoms with Gasteiger partial charge in [0.15, 0.2) is 0 Å². The molecule has 203 valence electrons. The largest absolute Gasteiger partial charge is 0.0654 e. The van der Waals surface area contributed by atoms with Crippen LogP contribution in [0.3, 0.4) is 0 Å². The van der Waals surface area contributed by atoms with Gasteiger partial charge in [0.1, 0.15) is 0 Å². The topological polar surface area (TPSA) is 0 Å². The SMILES string of the molecule is [CH2]CCc1c(CCCCCCCCCCCCC)cccc1CCCCCCCCCCCCC. The minimum absolute atomic E-state index is 1.03. The molecule has 0 saturated carbocycles. The Balaban J connectivity index is 2.18. The first-order valence-corrected chi connectivity index (χ1v) is 16.2. The molecule has 0 N–H and O–H groups in total. The van der Waals surface area contributed by atoms with Crippen molar-refractivity contribution >= 4 is 0 Å². The van der Waals surface area contributed by atoms with Gasteiger partial charge >= 0.3 is 0 Å². The molecule has 1 aromatic carbocycles. The monoisotopic (exact) mass is 483 g/mol. The predicted molar refractivity (Wildman–Crippen MR) is 160 cm³/mol. The van der Waals surface area contributed by atoms with Gasteiger partial charge in [0.2, 0.25) is 0 Å². The number of hydrogen-bond acceptors (Lipinski definition) is 0. The number of unbranched alkanes of at least 4 members (excludes halogenated alkanes) is 20. The zero-order chi connectivity index (χ0) is 25.2. The maximum absolute atomic E-state index is 4.19. The molecule has 0 heteroatoms. The third kappa shape index (κ3) is 18.2. The van der Waals surface area contributed by atoms with Crippen molar-refractivity contribution in [1.82, 2.24) is 0 Å². The molecule has 0 spiro atoms. The van der Waals surface area contributed by atoms with Gasteiger partial charge in [-0.05, 0) is 55.2 Å². The van der Waals surface area contributed by atoms with Gasteiger partial charge in [0, 0.05) is 0 Å². The Hall–Kier alpha value is -0.780. The first-order chi connectivity index (χ1) is 17.3. The summed E-state index contributed by atoms with van der Waals surface area (Å²) in [7, 11) is 0. The van der Waals surface area contributed by atoms with Crippen molar-refractivity contribution < 1.29 is 0 Å². The third-order valence-electron chi connectivity index (χ3n) is 7.90. The molecule has 0 bridgehead atoms. The fraction of sp³-hybridized carbons (Fsp3) is 0.800. The van der Waals surface area contributed by atoms with E-state index in [0.717, 1.165) is 6.42 Å². The van der Waals surface area contributed by atoms with Gasteiger partial charge in [0.05, 0.1) is 0 Å².